The van der Waals surface area contributed by atoms with Crippen LogP contribution in [0.25, 0.3) is 0 Å². The topological polar surface area (TPSA) is 35.5 Å². The van der Waals surface area contributed by atoms with E-state index < -0.39 is 0 Å². The van der Waals surface area contributed by atoms with Crippen molar-refractivity contribution in [1.82, 2.24) is 0 Å². The minimum absolute atomic E-state index is 0.0583. The molecule has 2 aromatic rings. The second-order valence-electron chi connectivity index (χ2n) is 4.39. The van der Waals surface area contributed by atoms with Gasteiger partial charge in [-0.15, -0.1) is 0 Å². The molecule has 2 rings (SSSR count). The van der Waals surface area contributed by atoms with Gasteiger partial charge in [-0.25, -0.2) is 0 Å². The van der Waals surface area contributed by atoms with E-state index in [2.05, 4.69) is 0 Å². The average Bonchev–Trinajstić information content (AvgIpc) is 2.49. The summed E-state index contributed by atoms with van der Waals surface area (Å²) in [6.45, 7) is 0.262. The molecule has 0 aromatic heterocycles. The zero-order valence-corrected chi connectivity index (χ0v) is 12.9. The van der Waals surface area contributed by atoms with E-state index in [4.69, 9.17) is 32.7 Å². The smallest absolute Gasteiger partial charge is 0.190 e. The largest absolute Gasteiger partial charge is 0.497 e. The van der Waals surface area contributed by atoms with E-state index in [0.717, 1.165) is 11.3 Å². The molecule has 0 spiro atoms. The maximum absolute atomic E-state index is 12.0. The molecular weight excluding hydrogens is 311 g/mol. The molecule has 0 atom stereocenters. The first kappa shape index (κ1) is 15.8. The van der Waals surface area contributed by atoms with Crippen molar-refractivity contribution in [2.45, 2.75) is 6.61 Å². The summed E-state index contributed by atoms with van der Waals surface area (Å²) in [6.07, 6.45) is 0. The molecule has 2 aromatic carbocycles. The molecule has 0 saturated heterocycles. The van der Waals surface area contributed by atoms with Crippen LogP contribution in [0.5, 0.6) is 5.75 Å². The summed E-state index contributed by atoms with van der Waals surface area (Å²) >= 11 is 11.8. The lowest BCUT2D eigenvalue weighted by atomic mass is 10.1. The zero-order chi connectivity index (χ0) is 15.2. The van der Waals surface area contributed by atoms with Crippen molar-refractivity contribution in [1.29, 1.82) is 0 Å². The molecule has 0 amide bonds. The average molecular weight is 325 g/mol. The normalized spacial score (nSPS) is 10.4. The molecule has 0 saturated carbocycles. The van der Waals surface area contributed by atoms with E-state index in [1.54, 1.807) is 25.3 Å². The van der Waals surface area contributed by atoms with Crippen LogP contribution in [-0.2, 0) is 11.3 Å². The molecule has 0 aliphatic carbocycles. The summed E-state index contributed by atoms with van der Waals surface area (Å²) in [6, 6.07) is 12.3. The van der Waals surface area contributed by atoms with E-state index in [0.29, 0.717) is 22.2 Å². The predicted octanol–water partition coefficient (Wildman–Crippen LogP) is 4.40. The number of hydrogen-bond acceptors (Lipinski definition) is 3. The number of carbonyl (C=O) groups excluding carboxylic acids is 1. The van der Waals surface area contributed by atoms with Crippen molar-refractivity contribution < 1.29 is 14.3 Å². The Labute approximate surface area is 133 Å². The van der Waals surface area contributed by atoms with Gasteiger partial charge in [-0.05, 0) is 35.9 Å². The first-order chi connectivity index (χ1) is 10.1. The molecule has 5 heteroatoms. The fraction of sp³-hybridized carbons (Fsp3) is 0.188. The van der Waals surface area contributed by atoms with Crippen molar-refractivity contribution in [3.8, 4) is 5.75 Å². The molecule has 0 radical (unpaired) electrons. The summed E-state index contributed by atoms with van der Waals surface area (Å²) in [5.74, 6) is 0.547. The highest BCUT2D eigenvalue weighted by Crippen LogP contribution is 2.21. The van der Waals surface area contributed by atoms with Gasteiger partial charge in [-0.1, -0.05) is 35.3 Å². The number of rotatable bonds is 6. The highest BCUT2D eigenvalue weighted by Gasteiger charge is 2.11. The summed E-state index contributed by atoms with van der Waals surface area (Å²) < 4.78 is 10.5. The first-order valence-corrected chi connectivity index (χ1v) is 7.04. The number of benzene rings is 2. The van der Waals surface area contributed by atoms with Crippen molar-refractivity contribution in [3.63, 3.8) is 0 Å². The Morgan fingerprint density at radius 2 is 1.95 bits per heavy atom. The predicted molar refractivity (Wildman–Crippen MR) is 83.4 cm³/mol. The molecular formula is C16H14Cl2O3. The van der Waals surface area contributed by atoms with Crippen molar-refractivity contribution in [2.75, 3.05) is 13.7 Å². The Bertz CT molecular complexity index is 641. The van der Waals surface area contributed by atoms with Gasteiger partial charge in [0.15, 0.2) is 5.78 Å². The fourth-order valence-electron chi connectivity index (χ4n) is 1.81. The first-order valence-electron chi connectivity index (χ1n) is 6.29. The number of Topliss-reactive ketones (excluding diaryl/α,β-unsaturated/α-hetero) is 1. The molecule has 110 valence electrons. The van der Waals surface area contributed by atoms with E-state index >= 15 is 0 Å². The molecule has 0 unspecified atom stereocenters. The van der Waals surface area contributed by atoms with E-state index in [1.807, 2.05) is 24.3 Å². The van der Waals surface area contributed by atoms with Crippen LogP contribution in [-0.4, -0.2) is 19.5 Å². The molecule has 0 aliphatic heterocycles. The molecule has 0 fully saturated rings. The fourth-order valence-corrected chi connectivity index (χ4v) is 2.21. The number of ketones is 1. The highest BCUT2D eigenvalue weighted by molar-refractivity contribution is 6.35. The lowest BCUT2D eigenvalue weighted by Gasteiger charge is -2.07. The summed E-state index contributed by atoms with van der Waals surface area (Å²) in [7, 11) is 1.60. The number of carbonyl (C=O) groups is 1. The van der Waals surface area contributed by atoms with Crippen LogP contribution >= 0.6 is 23.2 Å². The number of methoxy groups -OCH3 is 1. The van der Waals surface area contributed by atoms with E-state index in [1.165, 1.54) is 0 Å². The highest BCUT2D eigenvalue weighted by atomic mass is 35.5. The number of hydrogen-bond donors (Lipinski definition) is 0. The summed E-state index contributed by atoms with van der Waals surface area (Å²) in [5, 5.41) is 0.838. The summed E-state index contributed by atoms with van der Waals surface area (Å²) in [5.41, 5.74) is 1.30. The van der Waals surface area contributed by atoms with Crippen LogP contribution in [0.4, 0.5) is 0 Å². The summed E-state index contributed by atoms with van der Waals surface area (Å²) in [4.78, 5) is 12.0. The van der Waals surface area contributed by atoms with Gasteiger partial charge in [-0.3, -0.25) is 4.79 Å². The third-order valence-corrected chi connectivity index (χ3v) is 3.43. The standard InChI is InChI=1S/C16H14Cl2O3/c1-20-13-4-2-3-11(7-13)9-21-10-16(19)14-8-12(17)5-6-15(14)18/h2-8H,9-10H2,1H3. The van der Waals surface area contributed by atoms with Crippen LogP contribution in [0.15, 0.2) is 42.5 Å². The van der Waals surface area contributed by atoms with Crippen molar-refractivity contribution in [3.05, 3.63) is 63.6 Å². The molecule has 0 N–H and O–H groups in total. The van der Waals surface area contributed by atoms with Crippen LogP contribution < -0.4 is 4.74 Å². The minimum atomic E-state index is -0.203. The van der Waals surface area contributed by atoms with Gasteiger partial charge in [0.05, 0.1) is 18.7 Å². The second-order valence-corrected chi connectivity index (χ2v) is 5.24. The zero-order valence-electron chi connectivity index (χ0n) is 11.4. The van der Waals surface area contributed by atoms with Gasteiger partial charge in [0.2, 0.25) is 0 Å². The van der Waals surface area contributed by atoms with Crippen LogP contribution in [0, 0.1) is 0 Å². The third-order valence-electron chi connectivity index (χ3n) is 2.86. The Balaban J connectivity index is 1.93. The maximum Gasteiger partial charge on any atom is 0.190 e. The maximum atomic E-state index is 12.0. The van der Waals surface area contributed by atoms with Crippen LogP contribution in [0.3, 0.4) is 0 Å². The number of halogens is 2. The SMILES string of the molecule is COc1cccc(COCC(=O)c2cc(Cl)ccc2Cl)c1. The van der Waals surface area contributed by atoms with E-state index in [-0.39, 0.29) is 12.4 Å². The van der Waals surface area contributed by atoms with Gasteiger partial charge in [0.1, 0.15) is 12.4 Å². The van der Waals surface area contributed by atoms with Gasteiger partial charge in [-0.2, -0.15) is 0 Å². The second kappa shape index (κ2) is 7.46. The Morgan fingerprint density at radius 3 is 2.71 bits per heavy atom. The van der Waals surface area contributed by atoms with Crippen molar-refractivity contribution >= 4 is 29.0 Å². The lowest BCUT2D eigenvalue weighted by molar-refractivity contribution is 0.0726. The van der Waals surface area contributed by atoms with Gasteiger partial charge in [0, 0.05) is 10.6 Å². The number of ether oxygens (including phenoxy) is 2. The lowest BCUT2D eigenvalue weighted by Crippen LogP contribution is -2.09. The van der Waals surface area contributed by atoms with Gasteiger partial charge < -0.3 is 9.47 Å². The quantitative estimate of drug-likeness (QED) is 0.739. The molecule has 0 bridgehead atoms. The van der Waals surface area contributed by atoms with Crippen LogP contribution in [0.2, 0.25) is 10.0 Å². The Hall–Kier alpha value is -1.55. The van der Waals surface area contributed by atoms with Crippen molar-refractivity contribution in [2.24, 2.45) is 0 Å². The molecule has 0 aliphatic rings. The third kappa shape index (κ3) is 4.46. The molecule has 21 heavy (non-hydrogen) atoms. The van der Waals surface area contributed by atoms with Gasteiger partial charge in [0.25, 0.3) is 0 Å². The Morgan fingerprint density at radius 1 is 1.14 bits per heavy atom. The Kier molecular flexibility index (Phi) is 5.62. The van der Waals surface area contributed by atoms with Gasteiger partial charge >= 0.3 is 0 Å². The van der Waals surface area contributed by atoms with E-state index in [9.17, 15) is 4.79 Å². The molecule has 3 nitrogen and oxygen atoms in total. The molecule has 0 heterocycles. The van der Waals surface area contributed by atoms with Crippen LogP contribution in [0.1, 0.15) is 15.9 Å². The minimum Gasteiger partial charge on any atom is -0.497 e. The monoisotopic (exact) mass is 324 g/mol.